The summed E-state index contributed by atoms with van der Waals surface area (Å²) >= 11 is 0. The van der Waals surface area contributed by atoms with Crippen molar-refractivity contribution in [1.29, 1.82) is 0 Å². The molecule has 0 unspecified atom stereocenters. The number of ether oxygens (including phenoxy) is 2. The smallest absolute Gasteiger partial charge is 0.305 e. The number of nitrogens with two attached hydrogens (primary N) is 1. The lowest BCUT2D eigenvalue weighted by Crippen LogP contribution is -2.26. The minimum Gasteiger partial charge on any atom is -0.493 e. The van der Waals surface area contributed by atoms with E-state index >= 15 is 0 Å². The van der Waals surface area contributed by atoms with E-state index in [1.165, 1.54) is 25.3 Å². The normalized spacial score (nSPS) is 9.76. The molecule has 0 radical (unpaired) electrons. The van der Waals surface area contributed by atoms with E-state index in [2.05, 4.69) is 5.32 Å². The highest BCUT2D eigenvalue weighted by Gasteiger charge is 2.12. The van der Waals surface area contributed by atoms with Crippen LogP contribution in [0.5, 0.6) is 11.5 Å². The van der Waals surface area contributed by atoms with Gasteiger partial charge in [-0.25, -0.2) is 0 Å². The number of hydrogen-bond donors (Lipinski definition) is 3. The second-order valence-corrected chi connectivity index (χ2v) is 4.02. The van der Waals surface area contributed by atoms with Crippen molar-refractivity contribution in [2.75, 3.05) is 20.3 Å². The van der Waals surface area contributed by atoms with Crippen LogP contribution in [0.1, 0.15) is 16.8 Å². The number of rotatable bonds is 8. The van der Waals surface area contributed by atoms with E-state index < -0.39 is 17.8 Å². The van der Waals surface area contributed by atoms with Crippen LogP contribution < -0.4 is 20.5 Å². The number of benzene rings is 1. The minimum atomic E-state index is -0.997. The zero-order chi connectivity index (χ0) is 15.8. The Morgan fingerprint density at radius 2 is 2.00 bits per heavy atom. The van der Waals surface area contributed by atoms with Gasteiger partial charge in [0.25, 0.3) is 11.8 Å². The first-order valence-electron chi connectivity index (χ1n) is 6.03. The summed E-state index contributed by atoms with van der Waals surface area (Å²) < 4.78 is 10.2. The molecule has 2 amide bonds. The SMILES string of the molecule is COc1cc(C(=O)NCCC(=O)O)ccc1OCC(N)=O. The third kappa shape index (κ3) is 5.39. The second-order valence-electron chi connectivity index (χ2n) is 4.02. The van der Waals surface area contributed by atoms with Crippen LogP contribution in [0.25, 0.3) is 0 Å². The van der Waals surface area contributed by atoms with E-state index in [1.54, 1.807) is 0 Å². The molecule has 0 atom stereocenters. The van der Waals surface area contributed by atoms with E-state index in [0.29, 0.717) is 0 Å². The molecule has 21 heavy (non-hydrogen) atoms. The molecule has 4 N–H and O–H groups in total. The summed E-state index contributed by atoms with van der Waals surface area (Å²) in [6, 6.07) is 4.36. The Hall–Kier alpha value is -2.77. The van der Waals surface area contributed by atoms with Gasteiger partial charge in [-0.15, -0.1) is 0 Å². The Morgan fingerprint density at radius 1 is 1.29 bits per heavy atom. The van der Waals surface area contributed by atoms with Gasteiger partial charge in [-0.05, 0) is 18.2 Å². The van der Waals surface area contributed by atoms with Gasteiger partial charge in [0.2, 0.25) is 0 Å². The molecule has 0 aliphatic heterocycles. The topological polar surface area (TPSA) is 128 Å². The first kappa shape index (κ1) is 16.3. The van der Waals surface area contributed by atoms with Gasteiger partial charge in [0, 0.05) is 12.1 Å². The molecule has 0 bridgehead atoms. The number of carboxylic acids is 1. The van der Waals surface area contributed by atoms with Crippen molar-refractivity contribution < 1.29 is 29.0 Å². The molecule has 8 heteroatoms. The summed E-state index contributed by atoms with van der Waals surface area (Å²) in [5.74, 6) is -1.52. The number of nitrogens with one attached hydrogen (secondary N) is 1. The minimum absolute atomic E-state index is 0.0242. The molecule has 0 heterocycles. The van der Waals surface area contributed by atoms with Crippen molar-refractivity contribution in [2.45, 2.75) is 6.42 Å². The maximum Gasteiger partial charge on any atom is 0.305 e. The third-order valence-corrected chi connectivity index (χ3v) is 2.42. The van der Waals surface area contributed by atoms with Crippen LogP contribution in [0.2, 0.25) is 0 Å². The van der Waals surface area contributed by atoms with Crippen molar-refractivity contribution in [3.8, 4) is 11.5 Å². The van der Waals surface area contributed by atoms with Gasteiger partial charge in [-0.3, -0.25) is 14.4 Å². The van der Waals surface area contributed by atoms with Crippen LogP contribution >= 0.6 is 0 Å². The first-order chi connectivity index (χ1) is 9.93. The lowest BCUT2D eigenvalue weighted by atomic mass is 10.2. The molecular weight excluding hydrogens is 280 g/mol. The van der Waals surface area contributed by atoms with Crippen molar-refractivity contribution in [1.82, 2.24) is 5.32 Å². The quantitative estimate of drug-likeness (QED) is 0.607. The van der Waals surface area contributed by atoms with E-state index in [0.717, 1.165) is 0 Å². The molecule has 0 aromatic heterocycles. The summed E-state index contributed by atoms with van der Waals surface area (Å²) in [6.07, 6.45) is -0.164. The van der Waals surface area contributed by atoms with Crippen molar-refractivity contribution in [3.05, 3.63) is 23.8 Å². The van der Waals surface area contributed by atoms with Crippen LogP contribution in [0.4, 0.5) is 0 Å². The van der Waals surface area contributed by atoms with Crippen LogP contribution in [-0.2, 0) is 9.59 Å². The second kappa shape index (κ2) is 7.73. The summed E-state index contributed by atoms with van der Waals surface area (Å²) in [6.45, 7) is -0.281. The molecule has 114 valence electrons. The highest BCUT2D eigenvalue weighted by Crippen LogP contribution is 2.27. The van der Waals surface area contributed by atoms with Gasteiger partial charge in [-0.1, -0.05) is 0 Å². The summed E-state index contributed by atoms with van der Waals surface area (Å²) in [7, 11) is 1.39. The Balaban J connectivity index is 2.74. The molecule has 1 aromatic carbocycles. The lowest BCUT2D eigenvalue weighted by molar-refractivity contribution is -0.136. The Bertz CT molecular complexity index is 543. The molecule has 0 aliphatic carbocycles. The van der Waals surface area contributed by atoms with Gasteiger partial charge >= 0.3 is 5.97 Å². The average molecular weight is 296 g/mol. The van der Waals surface area contributed by atoms with Crippen LogP contribution in [0, 0.1) is 0 Å². The molecular formula is C13H16N2O6. The number of aliphatic carboxylic acids is 1. The molecule has 1 aromatic rings. The maximum absolute atomic E-state index is 11.8. The number of carboxylic acid groups (broad SMARTS) is 1. The predicted octanol–water partition coefficient (Wildman–Crippen LogP) is -0.236. The summed E-state index contributed by atoms with van der Waals surface area (Å²) in [5, 5.41) is 11.0. The van der Waals surface area contributed by atoms with E-state index in [1.807, 2.05) is 0 Å². The highest BCUT2D eigenvalue weighted by atomic mass is 16.5. The van der Waals surface area contributed by atoms with E-state index in [4.69, 9.17) is 20.3 Å². The van der Waals surface area contributed by atoms with Crippen LogP contribution in [-0.4, -0.2) is 43.2 Å². The maximum atomic E-state index is 11.8. The fourth-order valence-electron chi connectivity index (χ4n) is 1.46. The Morgan fingerprint density at radius 3 is 2.57 bits per heavy atom. The number of carbonyl (C=O) groups is 3. The third-order valence-electron chi connectivity index (χ3n) is 2.42. The fourth-order valence-corrected chi connectivity index (χ4v) is 1.46. The van der Waals surface area contributed by atoms with Gasteiger partial charge < -0.3 is 25.6 Å². The molecule has 0 saturated carbocycles. The lowest BCUT2D eigenvalue weighted by Gasteiger charge is -2.11. The molecule has 0 fully saturated rings. The number of primary amides is 1. The molecule has 8 nitrogen and oxygen atoms in total. The van der Waals surface area contributed by atoms with Gasteiger partial charge in [0.15, 0.2) is 18.1 Å². The van der Waals surface area contributed by atoms with E-state index in [-0.39, 0.29) is 36.6 Å². The summed E-state index contributed by atoms with van der Waals surface area (Å²) in [5.41, 5.74) is 5.25. The van der Waals surface area contributed by atoms with E-state index in [9.17, 15) is 14.4 Å². The standard InChI is InChI=1S/C13H16N2O6/c1-20-10-6-8(13(19)15-5-4-12(17)18)2-3-9(10)21-7-11(14)16/h2-3,6H,4-5,7H2,1H3,(H2,14,16)(H,15,19)(H,17,18). The molecule has 0 aliphatic rings. The first-order valence-corrected chi connectivity index (χ1v) is 6.03. The highest BCUT2D eigenvalue weighted by molar-refractivity contribution is 5.95. The Kier molecular flexibility index (Phi) is 5.99. The van der Waals surface area contributed by atoms with Gasteiger partial charge in [0.1, 0.15) is 0 Å². The zero-order valence-corrected chi connectivity index (χ0v) is 11.4. The van der Waals surface area contributed by atoms with Gasteiger partial charge in [0.05, 0.1) is 13.5 Å². The van der Waals surface area contributed by atoms with Gasteiger partial charge in [-0.2, -0.15) is 0 Å². The number of amides is 2. The molecule has 0 saturated heterocycles. The number of methoxy groups -OCH3 is 1. The Labute approximate surface area is 120 Å². The van der Waals surface area contributed by atoms with Crippen LogP contribution in [0.3, 0.4) is 0 Å². The number of carbonyl (C=O) groups excluding carboxylic acids is 2. The number of hydrogen-bond acceptors (Lipinski definition) is 5. The zero-order valence-electron chi connectivity index (χ0n) is 11.4. The average Bonchev–Trinajstić information content (AvgIpc) is 2.44. The van der Waals surface area contributed by atoms with Crippen molar-refractivity contribution in [3.63, 3.8) is 0 Å². The summed E-state index contributed by atoms with van der Waals surface area (Å²) in [4.78, 5) is 32.8. The van der Waals surface area contributed by atoms with Crippen molar-refractivity contribution >= 4 is 17.8 Å². The monoisotopic (exact) mass is 296 g/mol. The van der Waals surface area contributed by atoms with Crippen LogP contribution in [0.15, 0.2) is 18.2 Å². The largest absolute Gasteiger partial charge is 0.493 e. The van der Waals surface area contributed by atoms with Crippen molar-refractivity contribution in [2.24, 2.45) is 5.73 Å². The predicted molar refractivity (Wildman–Crippen MR) is 72.3 cm³/mol. The fraction of sp³-hybridized carbons (Fsp3) is 0.308. The molecule has 0 spiro atoms. The molecule has 1 rings (SSSR count).